The monoisotopic (exact) mass is 290 g/mol. The summed E-state index contributed by atoms with van der Waals surface area (Å²) in [5.74, 6) is -0.223. The lowest BCUT2D eigenvalue weighted by molar-refractivity contribution is -0.0359. The van der Waals surface area contributed by atoms with Gasteiger partial charge in [-0.05, 0) is 6.07 Å². The molecule has 4 nitrogen and oxygen atoms in total. The fourth-order valence-corrected chi connectivity index (χ4v) is 3.18. The Morgan fingerprint density at radius 2 is 1.73 bits per heavy atom. The molecule has 0 saturated heterocycles. The number of hydrogen-bond acceptors (Lipinski definition) is 3. The Balaban J connectivity index is 2.12. The number of amides is 1. The van der Waals surface area contributed by atoms with Gasteiger partial charge in [0.2, 0.25) is 0 Å². The van der Waals surface area contributed by atoms with E-state index < -0.39 is 5.72 Å². The summed E-state index contributed by atoms with van der Waals surface area (Å²) in [7, 11) is 1.62. The van der Waals surface area contributed by atoms with E-state index in [0.29, 0.717) is 16.7 Å². The standard InChI is InChI=1S/C18H14N2O2/c1-20-17(21)14-11-19-15-10-6-5-9-13(15)16(14)18(20,22)12-7-3-2-4-8-12/h2-11,22H,1H3/t18-/m0/s1. The molecular formula is C18H14N2O2. The van der Waals surface area contributed by atoms with E-state index in [9.17, 15) is 9.90 Å². The van der Waals surface area contributed by atoms with Crippen molar-refractivity contribution < 1.29 is 9.90 Å². The molecule has 0 saturated carbocycles. The average molecular weight is 290 g/mol. The summed E-state index contributed by atoms with van der Waals surface area (Å²) in [6.45, 7) is 0. The van der Waals surface area contributed by atoms with Crippen molar-refractivity contribution in [2.24, 2.45) is 0 Å². The third-order valence-corrected chi connectivity index (χ3v) is 4.32. The van der Waals surface area contributed by atoms with Crippen LogP contribution in [0.3, 0.4) is 0 Å². The number of benzene rings is 2. The fraction of sp³-hybridized carbons (Fsp3) is 0.111. The number of rotatable bonds is 1. The third-order valence-electron chi connectivity index (χ3n) is 4.32. The smallest absolute Gasteiger partial charge is 0.258 e. The number of carbonyl (C=O) groups excluding carboxylic acids is 1. The van der Waals surface area contributed by atoms with Gasteiger partial charge in [-0.3, -0.25) is 9.78 Å². The van der Waals surface area contributed by atoms with E-state index in [1.54, 1.807) is 13.2 Å². The van der Waals surface area contributed by atoms with Gasteiger partial charge in [0, 0.05) is 29.8 Å². The van der Waals surface area contributed by atoms with E-state index in [0.717, 1.165) is 10.9 Å². The first kappa shape index (κ1) is 13.0. The van der Waals surface area contributed by atoms with Crippen LogP contribution in [-0.2, 0) is 5.72 Å². The molecule has 1 aliphatic heterocycles. The van der Waals surface area contributed by atoms with Crippen LogP contribution in [0.15, 0.2) is 60.8 Å². The number of nitrogens with zero attached hydrogens (tertiary/aromatic N) is 2. The second-order valence-electron chi connectivity index (χ2n) is 5.47. The molecule has 1 atom stereocenters. The van der Waals surface area contributed by atoms with Gasteiger partial charge < -0.3 is 10.0 Å². The van der Waals surface area contributed by atoms with Gasteiger partial charge in [-0.25, -0.2) is 0 Å². The van der Waals surface area contributed by atoms with Crippen LogP contribution < -0.4 is 0 Å². The van der Waals surface area contributed by atoms with Gasteiger partial charge in [0.05, 0.1) is 11.1 Å². The minimum atomic E-state index is -1.48. The van der Waals surface area contributed by atoms with E-state index in [4.69, 9.17) is 0 Å². The molecule has 1 aromatic heterocycles. The first-order valence-electron chi connectivity index (χ1n) is 7.08. The molecule has 1 N–H and O–H groups in total. The summed E-state index contributed by atoms with van der Waals surface area (Å²) in [5.41, 5.74) is 1.01. The van der Waals surface area contributed by atoms with Crippen LogP contribution in [0.5, 0.6) is 0 Å². The Morgan fingerprint density at radius 1 is 1.05 bits per heavy atom. The lowest BCUT2D eigenvalue weighted by atomic mass is 9.91. The molecule has 0 unspecified atom stereocenters. The first-order valence-corrected chi connectivity index (χ1v) is 7.08. The molecule has 0 bridgehead atoms. The van der Waals surface area contributed by atoms with E-state index >= 15 is 0 Å². The van der Waals surface area contributed by atoms with Crippen molar-refractivity contribution in [1.29, 1.82) is 0 Å². The van der Waals surface area contributed by atoms with Crippen LogP contribution in [0, 0.1) is 0 Å². The van der Waals surface area contributed by atoms with E-state index in [2.05, 4.69) is 4.98 Å². The molecule has 4 heteroatoms. The predicted octanol–water partition coefficient (Wildman–Crippen LogP) is 2.51. The molecule has 22 heavy (non-hydrogen) atoms. The molecule has 0 aliphatic carbocycles. The Hall–Kier alpha value is -2.72. The Labute approximate surface area is 127 Å². The minimum Gasteiger partial charge on any atom is -0.363 e. The Morgan fingerprint density at radius 3 is 2.50 bits per heavy atom. The highest BCUT2D eigenvalue weighted by Crippen LogP contribution is 2.43. The number of fused-ring (bicyclic) bond motifs is 3. The molecule has 0 fully saturated rings. The SMILES string of the molecule is CN1C(=O)c2cnc3ccccc3c2[C@@]1(O)c1ccccc1. The molecule has 0 spiro atoms. The summed E-state index contributed by atoms with van der Waals surface area (Å²) in [6.07, 6.45) is 1.55. The van der Waals surface area contributed by atoms with Crippen LogP contribution >= 0.6 is 0 Å². The van der Waals surface area contributed by atoms with Crippen molar-refractivity contribution in [3.63, 3.8) is 0 Å². The maximum Gasteiger partial charge on any atom is 0.258 e. The molecular weight excluding hydrogens is 276 g/mol. The van der Waals surface area contributed by atoms with E-state index in [1.807, 2.05) is 54.6 Å². The highest BCUT2D eigenvalue weighted by molar-refractivity contribution is 6.05. The van der Waals surface area contributed by atoms with E-state index in [1.165, 1.54) is 4.90 Å². The molecule has 2 aromatic carbocycles. The second kappa shape index (κ2) is 4.39. The Bertz CT molecular complexity index is 892. The lowest BCUT2D eigenvalue weighted by Crippen LogP contribution is -2.41. The zero-order chi connectivity index (χ0) is 15.3. The topological polar surface area (TPSA) is 53.4 Å². The van der Waals surface area contributed by atoms with Gasteiger partial charge in [0.25, 0.3) is 5.91 Å². The number of pyridine rings is 1. The van der Waals surface area contributed by atoms with Gasteiger partial charge in [0.15, 0.2) is 5.72 Å². The summed E-state index contributed by atoms with van der Waals surface area (Å²) < 4.78 is 0. The zero-order valence-electron chi connectivity index (χ0n) is 12.0. The predicted molar refractivity (Wildman–Crippen MR) is 83.3 cm³/mol. The normalized spacial score (nSPS) is 20.5. The molecule has 108 valence electrons. The van der Waals surface area contributed by atoms with Crippen molar-refractivity contribution in [1.82, 2.24) is 9.88 Å². The molecule has 0 radical (unpaired) electrons. The van der Waals surface area contributed by atoms with Gasteiger partial charge in [-0.15, -0.1) is 0 Å². The maximum atomic E-state index is 12.6. The van der Waals surface area contributed by atoms with Gasteiger partial charge in [-0.2, -0.15) is 0 Å². The van der Waals surface area contributed by atoms with E-state index in [-0.39, 0.29) is 5.91 Å². The number of para-hydroxylation sites is 1. The average Bonchev–Trinajstić information content (AvgIpc) is 2.78. The Kier molecular flexibility index (Phi) is 2.59. The van der Waals surface area contributed by atoms with Crippen LogP contribution in [0.25, 0.3) is 10.9 Å². The van der Waals surface area contributed by atoms with Crippen LogP contribution in [0.4, 0.5) is 0 Å². The van der Waals surface area contributed by atoms with Gasteiger partial charge in [-0.1, -0.05) is 48.5 Å². The van der Waals surface area contributed by atoms with Crippen LogP contribution in [0.2, 0.25) is 0 Å². The van der Waals surface area contributed by atoms with Gasteiger partial charge >= 0.3 is 0 Å². The first-order chi connectivity index (χ1) is 10.6. The van der Waals surface area contributed by atoms with Crippen LogP contribution in [-0.4, -0.2) is 27.9 Å². The summed E-state index contributed by atoms with van der Waals surface area (Å²) in [6, 6.07) is 16.8. The van der Waals surface area contributed by atoms with Crippen molar-refractivity contribution in [2.75, 3.05) is 7.05 Å². The largest absolute Gasteiger partial charge is 0.363 e. The molecule has 1 aliphatic rings. The number of aliphatic hydroxyl groups is 1. The van der Waals surface area contributed by atoms with Crippen molar-refractivity contribution >= 4 is 16.8 Å². The van der Waals surface area contributed by atoms with Crippen molar-refractivity contribution in [2.45, 2.75) is 5.72 Å². The highest BCUT2D eigenvalue weighted by Gasteiger charge is 2.49. The number of aromatic nitrogens is 1. The quantitative estimate of drug-likeness (QED) is 0.749. The maximum absolute atomic E-state index is 12.6. The molecule has 1 amide bonds. The molecule has 2 heterocycles. The highest BCUT2D eigenvalue weighted by atomic mass is 16.3. The lowest BCUT2D eigenvalue weighted by Gasteiger charge is -2.32. The molecule has 3 aromatic rings. The third kappa shape index (κ3) is 1.50. The second-order valence-corrected chi connectivity index (χ2v) is 5.47. The summed E-state index contributed by atoms with van der Waals surface area (Å²) in [4.78, 5) is 18.3. The summed E-state index contributed by atoms with van der Waals surface area (Å²) >= 11 is 0. The summed E-state index contributed by atoms with van der Waals surface area (Å²) in [5, 5.41) is 12.2. The van der Waals surface area contributed by atoms with Crippen molar-refractivity contribution in [3.05, 3.63) is 77.5 Å². The van der Waals surface area contributed by atoms with Crippen molar-refractivity contribution in [3.8, 4) is 0 Å². The van der Waals surface area contributed by atoms with Crippen LogP contribution in [0.1, 0.15) is 21.5 Å². The fourth-order valence-electron chi connectivity index (χ4n) is 3.18. The minimum absolute atomic E-state index is 0.223. The number of carbonyl (C=O) groups is 1. The number of hydrogen-bond donors (Lipinski definition) is 1. The zero-order valence-corrected chi connectivity index (χ0v) is 12.0. The van der Waals surface area contributed by atoms with Gasteiger partial charge in [0.1, 0.15) is 0 Å². The molecule has 4 rings (SSSR count).